The zero-order chi connectivity index (χ0) is 24.6. The third-order valence-corrected chi connectivity index (χ3v) is 6.03. The van der Waals surface area contributed by atoms with Gasteiger partial charge in [-0.15, -0.1) is 11.3 Å². The van der Waals surface area contributed by atoms with Crippen LogP contribution in [-0.4, -0.2) is 26.6 Å². The highest BCUT2D eigenvalue weighted by atomic mass is 32.1. The fraction of sp³-hybridized carbons (Fsp3) is 0.182. The maximum atomic E-state index is 13.1. The Morgan fingerprint density at radius 1 is 1.18 bits per heavy atom. The first-order chi connectivity index (χ1) is 16.0. The summed E-state index contributed by atoms with van der Waals surface area (Å²) in [5.74, 6) is -0.902. The number of aryl methyl sites for hydroxylation is 2. The number of aromatic nitrogens is 3. The number of pyridine rings is 1. The van der Waals surface area contributed by atoms with Crippen LogP contribution < -0.4 is 15.8 Å². The van der Waals surface area contributed by atoms with E-state index in [1.54, 1.807) is 6.07 Å². The molecule has 0 aliphatic rings. The van der Waals surface area contributed by atoms with Gasteiger partial charge in [-0.1, -0.05) is 18.2 Å². The van der Waals surface area contributed by atoms with Crippen molar-refractivity contribution in [2.45, 2.75) is 26.8 Å². The quantitative estimate of drug-likeness (QED) is 0.414. The topological polar surface area (TPSA) is 112 Å². The van der Waals surface area contributed by atoms with E-state index in [0.29, 0.717) is 17.1 Å². The van der Waals surface area contributed by atoms with Crippen LogP contribution >= 0.6 is 11.3 Å². The SMILES string of the molecule is Cc1ccccc1OCn1ccc(C(=O)Nc2c(C(N)=O)sc3nc(C(F)(F)F)cc(C)c23)n1. The van der Waals surface area contributed by atoms with Gasteiger partial charge in [0.1, 0.15) is 21.2 Å². The van der Waals surface area contributed by atoms with Crippen LogP contribution in [0.25, 0.3) is 10.2 Å². The monoisotopic (exact) mass is 489 g/mol. The van der Waals surface area contributed by atoms with E-state index >= 15 is 0 Å². The van der Waals surface area contributed by atoms with E-state index in [-0.39, 0.29) is 38.8 Å². The van der Waals surface area contributed by atoms with E-state index in [4.69, 9.17) is 10.5 Å². The van der Waals surface area contributed by atoms with Gasteiger partial charge in [0.05, 0.1) is 5.69 Å². The van der Waals surface area contributed by atoms with E-state index in [2.05, 4.69) is 15.4 Å². The Kier molecular flexibility index (Phi) is 6.00. The molecule has 12 heteroatoms. The van der Waals surface area contributed by atoms with Crippen molar-refractivity contribution in [2.24, 2.45) is 5.73 Å². The molecule has 3 aromatic heterocycles. The number of hydrogen-bond acceptors (Lipinski definition) is 6. The van der Waals surface area contributed by atoms with Gasteiger partial charge >= 0.3 is 6.18 Å². The summed E-state index contributed by atoms with van der Waals surface area (Å²) in [6, 6.07) is 9.72. The molecule has 0 spiro atoms. The third-order valence-electron chi connectivity index (χ3n) is 4.93. The molecule has 176 valence electrons. The molecule has 4 aromatic rings. The number of amides is 2. The van der Waals surface area contributed by atoms with Crippen molar-refractivity contribution in [3.8, 4) is 5.75 Å². The van der Waals surface area contributed by atoms with E-state index in [1.807, 2.05) is 25.1 Å². The van der Waals surface area contributed by atoms with Gasteiger partial charge in [0.25, 0.3) is 11.8 Å². The Labute approximate surface area is 195 Å². The predicted molar refractivity (Wildman–Crippen MR) is 120 cm³/mol. The van der Waals surface area contributed by atoms with Crippen LogP contribution in [0.1, 0.15) is 37.0 Å². The molecular formula is C22H18F3N5O3S. The van der Waals surface area contributed by atoms with Gasteiger partial charge in [0.15, 0.2) is 12.4 Å². The summed E-state index contributed by atoms with van der Waals surface area (Å²) in [4.78, 5) is 28.2. The second kappa shape index (κ2) is 8.78. The maximum absolute atomic E-state index is 13.1. The standard InChI is InChI=1S/C22H18F3N5O3S/c1-11-5-3-4-6-14(11)33-10-30-8-7-13(29-30)20(32)28-17-16-12(2)9-15(22(23,24)25)27-21(16)34-18(17)19(26)31/h3-9H,10H2,1-2H3,(H2,26,31)(H,28,32). The molecule has 0 saturated carbocycles. The summed E-state index contributed by atoms with van der Waals surface area (Å²) in [5.41, 5.74) is 5.46. The van der Waals surface area contributed by atoms with Crippen LogP contribution in [0.5, 0.6) is 5.75 Å². The van der Waals surface area contributed by atoms with E-state index in [9.17, 15) is 22.8 Å². The molecule has 1 aromatic carbocycles. The molecule has 4 rings (SSSR count). The van der Waals surface area contributed by atoms with Gasteiger partial charge in [-0.25, -0.2) is 9.67 Å². The number of carbonyl (C=O) groups is 2. The molecule has 0 saturated heterocycles. The Morgan fingerprint density at radius 3 is 2.59 bits per heavy atom. The molecule has 0 aliphatic heterocycles. The lowest BCUT2D eigenvalue weighted by Gasteiger charge is -2.09. The number of anilines is 1. The smallest absolute Gasteiger partial charge is 0.433 e. The van der Waals surface area contributed by atoms with Gasteiger partial charge < -0.3 is 15.8 Å². The molecule has 8 nitrogen and oxygen atoms in total. The van der Waals surface area contributed by atoms with Crippen LogP contribution in [0.2, 0.25) is 0 Å². The number of nitrogens with one attached hydrogen (secondary N) is 1. The maximum Gasteiger partial charge on any atom is 0.433 e. The number of nitrogens with two attached hydrogens (primary N) is 1. The van der Waals surface area contributed by atoms with Crippen molar-refractivity contribution in [1.82, 2.24) is 14.8 Å². The lowest BCUT2D eigenvalue weighted by molar-refractivity contribution is -0.141. The fourth-order valence-corrected chi connectivity index (χ4v) is 4.37. The Morgan fingerprint density at radius 2 is 1.91 bits per heavy atom. The molecule has 0 atom stereocenters. The van der Waals surface area contributed by atoms with Gasteiger partial charge in [-0.3, -0.25) is 9.59 Å². The number of primary amides is 1. The summed E-state index contributed by atoms with van der Waals surface area (Å²) < 4.78 is 46.5. The number of rotatable bonds is 6. The highest BCUT2D eigenvalue weighted by Crippen LogP contribution is 2.39. The largest absolute Gasteiger partial charge is 0.471 e. The molecular weight excluding hydrogens is 471 g/mol. The number of benzene rings is 1. The lowest BCUT2D eigenvalue weighted by atomic mass is 10.1. The number of carbonyl (C=O) groups excluding carboxylic acids is 2. The first-order valence-electron chi connectivity index (χ1n) is 9.89. The second-order valence-corrected chi connectivity index (χ2v) is 8.41. The molecule has 34 heavy (non-hydrogen) atoms. The summed E-state index contributed by atoms with van der Waals surface area (Å²) >= 11 is 0.680. The third kappa shape index (κ3) is 4.57. The average molecular weight is 489 g/mol. The zero-order valence-corrected chi connectivity index (χ0v) is 18.8. The van der Waals surface area contributed by atoms with Crippen molar-refractivity contribution in [1.29, 1.82) is 0 Å². The second-order valence-electron chi connectivity index (χ2n) is 7.41. The first kappa shape index (κ1) is 23.2. The van der Waals surface area contributed by atoms with E-state index in [1.165, 1.54) is 23.9 Å². The number of halogens is 3. The fourth-order valence-electron chi connectivity index (χ4n) is 3.31. The Bertz CT molecular complexity index is 1410. The Hall–Kier alpha value is -3.93. The summed E-state index contributed by atoms with van der Waals surface area (Å²) in [6.45, 7) is 3.38. The number of alkyl halides is 3. The van der Waals surface area contributed by atoms with Crippen molar-refractivity contribution in [3.63, 3.8) is 0 Å². The average Bonchev–Trinajstić information content (AvgIpc) is 3.38. The van der Waals surface area contributed by atoms with Crippen LogP contribution in [0.15, 0.2) is 42.6 Å². The molecule has 0 aliphatic carbocycles. The number of nitrogens with zero attached hydrogens (tertiary/aromatic N) is 3. The van der Waals surface area contributed by atoms with Crippen LogP contribution in [-0.2, 0) is 12.9 Å². The number of para-hydroxylation sites is 1. The van der Waals surface area contributed by atoms with Crippen molar-refractivity contribution in [2.75, 3.05) is 5.32 Å². The molecule has 0 fully saturated rings. The molecule has 2 amide bonds. The number of hydrogen-bond donors (Lipinski definition) is 2. The molecule has 3 N–H and O–H groups in total. The minimum absolute atomic E-state index is 0.00179. The van der Waals surface area contributed by atoms with Gasteiger partial charge in [0, 0.05) is 11.6 Å². The molecule has 3 heterocycles. The first-order valence-corrected chi connectivity index (χ1v) is 10.7. The van der Waals surface area contributed by atoms with Crippen LogP contribution in [0, 0.1) is 13.8 Å². The van der Waals surface area contributed by atoms with E-state index in [0.717, 1.165) is 11.6 Å². The van der Waals surface area contributed by atoms with Gasteiger partial charge in [-0.05, 0) is 43.2 Å². The zero-order valence-electron chi connectivity index (χ0n) is 17.9. The lowest BCUT2D eigenvalue weighted by Crippen LogP contribution is -2.18. The van der Waals surface area contributed by atoms with Gasteiger partial charge in [-0.2, -0.15) is 18.3 Å². The normalized spacial score (nSPS) is 11.6. The molecule has 0 unspecified atom stereocenters. The minimum atomic E-state index is -4.66. The van der Waals surface area contributed by atoms with Gasteiger partial charge in [0.2, 0.25) is 0 Å². The predicted octanol–water partition coefficient (Wildman–Crippen LogP) is 4.52. The Balaban J connectivity index is 1.60. The minimum Gasteiger partial charge on any atom is -0.471 e. The number of fused-ring (bicyclic) bond motifs is 1. The van der Waals surface area contributed by atoms with E-state index < -0.39 is 23.7 Å². The number of thiophene rings is 1. The number of ether oxygens (including phenoxy) is 1. The van der Waals surface area contributed by atoms with Crippen molar-refractivity contribution < 1.29 is 27.5 Å². The molecule has 0 bridgehead atoms. The van der Waals surface area contributed by atoms with Crippen molar-refractivity contribution in [3.05, 3.63) is 70.0 Å². The molecule has 0 radical (unpaired) electrons. The summed E-state index contributed by atoms with van der Waals surface area (Å²) in [5, 5.41) is 6.93. The summed E-state index contributed by atoms with van der Waals surface area (Å²) in [6.07, 6.45) is -3.12. The highest BCUT2D eigenvalue weighted by molar-refractivity contribution is 7.21. The van der Waals surface area contributed by atoms with Crippen LogP contribution in [0.4, 0.5) is 18.9 Å². The van der Waals surface area contributed by atoms with Crippen molar-refractivity contribution >= 4 is 39.1 Å². The summed E-state index contributed by atoms with van der Waals surface area (Å²) in [7, 11) is 0. The van der Waals surface area contributed by atoms with Crippen LogP contribution in [0.3, 0.4) is 0 Å². The highest BCUT2D eigenvalue weighted by Gasteiger charge is 2.34.